The Hall–Kier alpha value is -3.83. The van der Waals surface area contributed by atoms with Gasteiger partial charge in [0.25, 0.3) is 5.56 Å². The van der Waals surface area contributed by atoms with Crippen LogP contribution >= 0.6 is 11.6 Å². The van der Waals surface area contributed by atoms with Crippen LogP contribution in [0.2, 0.25) is 5.02 Å². The summed E-state index contributed by atoms with van der Waals surface area (Å²) >= 11 is 6.00. The maximum absolute atomic E-state index is 13.5. The molecule has 2 heterocycles. The molecule has 1 fully saturated rings. The number of benzene rings is 2. The highest BCUT2D eigenvalue weighted by molar-refractivity contribution is 6.30. The summed E-state index contributed by atoms with van der Waals surface area (Å²) in [5.41, 5.74) is -0.694. The van der Waals surface area contributed by atoms with E-state index in [9.17, 15) is 19.2 Å². The second kappa shape index (κ2) is 12.1. The van der Waals surface area contributed by atoms with Crippen molar-refractivity contribution >= 4 is 40.0 Å². The third-order valence-corrected chi connectivity index (χ3v) is 6.49. The van der Waals surface area contributed by atoms with Crippen LogP contribution in [0.4, 0.5) is 5.69 Å². The van der Waals surface area contributed by atoms with Gasteiger partial charge in [0, 0.05) is 42.9 Å². The summed E-state index contributed by atoms with van der Waals surface area (Å²) in [4.78, 5) is 52.2. The van der Waals surface area contributed by atoms with Gasteiger partial charge in [-0.1, -0.05) is 17.7 Å². The largest absolute Gasteiger partial charge is 0.493 e. The number of halogens is 1. The first-order chi connectivity index (χ1) is 18.3. The Morgan fingerprint density at radius 2 is 1.84 bits per heavy atom. The van der Waals surface area contributed by atoms with E-state index in [0.717, 1.165) is 17.4 Å². The Balaban J connectivity index is 1.66. The van der Waals surface area contributed by atoms with E-state index in [1.54, 1.807) is 24.3 Å². The van der Waals surface area contributed by atoms with Crippen molar-refractivity contribution in [2.24, 2.45) is 0 Å². The number of rotatable bonds is 10. The second-order valence-electron chi connectivity index (χ2n) is 8.80. The van der Waals surface area contributed by atoms with Crippen LogP contribution in [0.25, 0.3) is 10.9 Å². The highest BCUT2D eigenvalue weighted by Crippen LogP contribution is 2.30. The predicted molar refractivity (Wildman–Crippen MR) is 142 cm³/mol. The average Bonchev–Trinajstić information content (AvgIpc) is 3.43. The standard InChI is InChI=1S/C26H29ClN4O7/c1-36-21-12-19-20(13-22(21)37-2)31(15-24(33)29-17-6-3-5-16(27)11-17)26(35)30(25(19)34)9-8-23(32)28-14-18-7-4-10-38-18/h3,5-6,11-13,18H,4,7-10,14-15H2,1-2H3,(H,28,32)(H,29,33)/t18-/m0/s1. The third kappa shape index (κ3) is 6.17. The zero-order valence-corrected chi connectivity index (χ0v) is 21.9. The molecule has 2 amide bonds. The van der Waals surface area contributed by atoms with Crippen LogP contribution in [0, 0.1) is 0 Å². The second-order valence-corrected chi connectivity index (χ2v) is 9.23. The topological polar surface area (TPSA) is 130 Å². The number of carbonyl (C=O) groups is 2. The van der Waals surface area contributed by atoms with Crippen LogP contribution in [-0.4, -0.2) is 54.4 Å². The number of aromatic nitrogens is 2. The molecule has 1 saturated heterocycles. The van der Waals surface area contributed by atoms with E-state index in [1.807, 2.05) is 0 Å². The van der Waals surface area contributed by atoms with Gasteiger partial charge in [-0.05, 0) is 37.1 Å². The monoisotopic (exact) mass is 544 g/mol. The first-order valence-corrected chi connectivity index (χ1v) is 12.5. The quantitative estimate of drug-likeness (QED) is 0.400. The maximum Gasteiger partial charge on any atom is 0.331 e. The molecule has 0 spiro atoms. The molecule has 38 heavy (non-hydrogen) atoms. The molecule has 4 rings (SSSR count). The highest BCUT2D eigenvalue weighted by Gasteiger charge is 2.20. The van der Waals surface area contributed by atoms with E-state index in [2.05, 4.69) is 10.6 Å². The molecule has 3 aromatic rings. The molecule has 0 radical (unpaired) electrons. The van der Waals surface area contributed by atoms with Crippen molar-refractivity contribution in [3.05, 3.63) is 62.3 Å². The minimum atomic E-state index is -0.733. The van der Waals surface area contributed by atoms with Crippen molar-refractivity contribution in [2.45, 2.75) is 38.5 Å². The van der Waals surface area contributed by atoms with Crippen LogP contribution in [0.1, 0.15) is 19.3 Å². The lowest BCUT2D eigenvalue weighted by Crippen LogP contribution is -2.43. The first-order valence-electron chi connectivity index (χ1n) is 12.1. The van der Waals surface area contributed by atoms with Gasteiger partial charge in [0.2, 0.25) is 11.8 Å². The van der Waals surface area contributed by atoms with Gasteiger partial charge in [-0.15, -0.1) is 0 Å². The molecule has 2 N–H and O–H groups in total. The van der Waals surface area contributed by atoms with Gasteiger partial charge in [0.05, 0.1) is 31.2 Å². The Bertz CT molecular complexity index is 1460. The molecule has 0 bridgehead atoms. The normalized spacial score (nSPS) is 14.9. The van der Waals surface area contributed by atoms with Crippen molar-refractivity contribution in [1.82, 2.24) is 14.5 Å². The van der Waals surface area contributed by atoms with Gasteiger partial charge in [0.15, 0.2) is 11.5 Å². The number of carbonyl (C=O) groups excluding carboxylic acids is 2. The van der Waals surface area contributed by atoms with Gasteiger partial charge >= 0.3 is 5.69 Å². The summed E-state index contributed by atoms with van der Waals surface area (Å²) in [6, 6.07) is 9.51. The number of amides is 2. The molecule has 11 nitrogen and oxygen atoms in total. The summed E-state index contributed by atoms with van der Waals surface area (Å²) in [5.74, 6) is -0.255. The molecule has 0 unspecified atom stereocenters. The number of ether oxygens (including phenoxy) is 3. The lowest BCUT2D eigenvalue weighted by atomic mass is 10.2. The van der Waals surface area contributed by atoms with Crippen molar-refractivity contribution < 1.29 is 23.8 Å². The lowest BCUT2D eigenvalue weighted by molar-refractivity contribution is -0.122. The number of fused-ring (bicyclic) bond motifs is 1. The molecule has 1 aliphatic rings. The zero-order valence-electron chi connectivity index (χ0n) is 21.1. The van der Waals surface area contributed by atoms with Gasteiger partial charge in [-0.3, -0.25) is 23.5 Å². The number of hydrogen-bond acceptors (Lipinski definition) is 7. The van der Waals surface area contributed by atoms with Gasteiger partial charge in [-0.25, -0.2) is 4.79 Å². The van der Waals surface area contributed by atoms with Gasteiger partial charge in [-0.2, -0.15) is 0 Å². The average molecular weight is 545 g/mol. The summed E-state index contributed by atoms with van der Waals surface area (Å²) < 4.78 is 18.3. The molecular formula is C26H29ClN4O7. The van der Waals surface area contributed by atoms with Crippen molar-refractivity contribution in [1.29, 1.82) is 0 Å². The third-order valence-electron chi connectivity index (χ3n) is 6.25. The summed E-state index contributed by atoms with van der Waals surface area (Å²) in [7, 11) is 2.85. The Labute approximate surface area is 223 Å². The molecule has 0 aliphatic carbocycles. The van der Waals surface area contributed by atoms with E-state index in [4.69, 9.17) is 25.8 Å². The SMILES string of the molecule is COc1cc2c(=O)n(CCC(=O)NC[C@@H]3CCCO3)c(=O)n(CC(=O)Nc3cccc(Cl)c3)c2cc1OC. The number of nitrogens with zero attached hydrogens (tertiary/aromatic N) is 2. The lowest BCUT2D eigenvalue weighted by Gasteiger charge is -2.16. The minimum Gasteiger partial charge on any atom is -0.493 e. The Kier molecular flexibility index (Phi) is 8.70. The van der Waals surface area contributed by atoms with Crippen LogP contribution < -0.4 is 31.4 Å². The fourth-order valence-corrected chi connectivity index (χ4v) is 4.53. The van der Waals surface area contributed by atoms with Crippen LogP contribution in [0.3, 0.4) is 0 Å². The summed E-state index contributed by atoms with van der Waals surface area (Å²) in [6.45, 7) is 0.472. The number of hydrogen-bond donors (Lipinski definition) is 2. The Morgan fingerprint density at radius 1 is 1.08 bits per heavy atom. The van der Waals surface area contributed by atoms with E-state index in [1.165, 1.54) is 30.9 Å². The van der Waals surface area contributed by atoms with Gasteiger partial charge in [0.1, 0.15) is 6.54 Å². The number of nitrogens with one attached hydrogen (secondary N) is 2. The predicted octanol–water partition coefficient (Wildman–Crippen LogP) is 2.16. The Morgan fingerprint density at radius 3 is 2.53 bits per heavy atom. The molecule has 1 aliphatic heterocycles. The number of anilines is 1. The molecule has 0 saturated carbocycles. The molecule has 1 aromatic heterocycles. The highest BCUT2D eigenvalue weighted by atomic mass is 35.5. The summed E-state index contributed by atoms with van der Waals surface area (Å²) in [5, 5.41) is 6.06. The molecule has 1 atom stereocenters. The first kappa shape index (κ1) is 27.2. The minimum absolute atomic E-state index is 0.0278. The van der Waals surface area contributed by atoms with E-state index in [-0.39, 0.29) is 47.4 Å². The maximum atomic E-state index is 13.5. The van der Waals surface area contributed by atoms with Crippen LogP contribution in [0.15, 0.2) is 46.0 Å². The van der Waals surface area contributed by atoms with Crippen LogP contribution in [0.5, 0.6) is 11.5 Å². The van der Waals surface area contributed by atoms with Gasteiger partial charge < -0.3 is 24.8 Å². The smallest absolute Gasteiger partial charge is 0.331 e. The van der Waals surface area contributed by atoms with E-state index in [0.29, 0.717) is 23.9 Å². The molecule has 202 valence electrons. The fourth-order valence-electron chi connectivity index (χ4n) is 4.34. The van der Waals surface area contributed by atoms with E-state index < -0.39 is 23.7 Å². The number of methoxy groups -OCH3 is 2. The van der Waals surface area contributed by atoms with E-state index >= 15 is 0 Å². The molecule has 2 aromatic carbocycles. The van der Waals surface area contributed by atoms with Crippen LogP contribution in [-0.2, 0) is 27.4 Å². The molecule has 12 heteroatoms. The van der Waals surface area contributed by atoms with Crippen molar-refractivity contribution in [3.8, 4) is 11.5 Å². The zero-order chi connectivity index (χ0) is 27.2. The van der Waals surface area contributed by atoms with Crippen molar-refractivity contribution in [2.75, 3.05) is 32.7 Å². The fraction of sp³-hybridized carbons (Fsp3) is 0.385. The summed E-state index contributed by atoms with van der Waals surface area (Å²) in [6.07, 6.45) is 1.69. The van der Waals surface area contributed by atoms with Crippen molar-refractivity contribution in [3.63, 3.8) is 0 Å². The molecular weight excluding hydrogens is 516 g/mol.